The van der Waals surface area contributed by atoms with Crippen LogP contribution in [0.3, 0.4) is 0 Å². The molecule has 3 aromatic carbocycles. The molecular weight excluding hydrogens is 431 g/mol. The Labute approximate surface area is 190 Å². The molecule has 0 saturated carbocycles. The molecule has 1 amide bonds. The highest BCUT2D eigenvalue weighted by Crippen LogP contribution is 2.31. The molecule has 0 spiro atoms. The van der Waals surface area contributed by atoms with Crippen molar-refractivity contribution >= 4 is 34.9 Å². The fourth-order valence-corrected chi connectivity index (χ4v) is 3.74. The van der Waals surface area contributed by atoms with Crippen LogP contribution in [0.5, 0.6) is 0 Å². The number of ether oxygens (including phenoxy) is 1. The molecule has 0 aliphatic carbocycles. The quantitative estimate of drug-likeness (QED) is 0.525. The molecule has 7 heteroatoms. The number of nitrogens with zero attached hydrogens (tertiary/aromatic N) is 2. The normalized spacial score (nSPS) is 15.6. The third kappa shape index (κ3) is 4.55. The van der Waals surface area contributed by atoms with Crippen molar-refractivity contribution < 1.29 is 18.7 Å². The van der Waals surface area contributed by atoms with E-state index in [1.165, 1.54) is 11.0 Å². The maximum Gasteiger partial charge on any atom is 0.308 e. The minimum atomic E-state index is -1.07. The smallest absolute Gasteiger partial charge is 0.308 e. The third-order valence-electron chi connectivity index (χ3n) is 5.21. The van der Waals surface area contributed by atoms with Gasteiger partial charge in [-0.15, -0.1) is 0 Å². The summed E-state index contributed by atoms with van der Waals surface area (Å²) in [6.07, 6.45) is -0.268. The number of amides is 1. The van der Waals surface area contributed by atoms with Crippen LogP contribution in [0.4, 0.5) is 10.1 Å². The van der Waals surface area contributed by atoms with Crippen LogP contribution in [-0.2, 0) is 20.9 Å². The first-order chi connectivity index (χ1) is 15.4. The molecule has 0 aromatic heterocycles. The minimum Gasteiger partial charge on any atom is -0.461 e. The van der Waals surface area contributed by atoms with Crippen molar-refractivity contribution in [1.82, 2.24) is 0 Å². The average molecular weight is 451 g/mol. The number of rotatable bonds is 5. The largest absolute Gasteiger partial charge is 0.461 e. The summed E-state index contributed by atoms with van der Waals surface area (Å²) in [5.41, 5.74) is 2.36. The number of anilines is 1. The van der Waals surface area contributed by atoms with Crippen molar-refractivity contribution in [1.29, 1.82) is 0 Å². The molecule has 0 saturated heterocycles. The SMILES string of the molecule is CN1C(=O)[C@H](CC(=O)OCc2ccccc2)N=C(c2ccccc2F)c2cc(Cl)ccc21. The van der Waals surface area contributed by atoms with Gasteiger partial charge in [-0.25, -0.2) is 4.39 Å². The van der Waals surface area contributed by atoms with Gasteiger partial charge in [-0.1, -0.05) is 54.1 Å². The van der Waals surface area contributed by atoms with E-state index in [1.54, 1.807) is 43.4 Å². The molecule has 1 aliphatic rings. The van der Waals surface area contributed by atoms with Crippen molar-refractivity contribution in [3.05, 3.63) is 100 Å². The zero-order valence-electron chi connectivity index (χ0n) is 17.3. The van der Waals surface area contributed by atoms with E-state index in [0.717, 1.165) is 5.56 Å². The fourth-order valence-electron chi connectivity index (χ4n) is 3.57. The molecule has 0 fully saturated rings. The molecule has 1 aliphatic heterocycles. The van der Waals surface area contributed by atoms with E-state index >= 15 is 0 Å². The molecule has 162 valence electrons. The van der Waals surface area contributed by atoms with Gasteiger partial charge in [0.05, 0.1) is 17.8 Å². The monoisotopic (exact) mass is 450 g/mol. The zero-order valence-corrected chi connectivity index (χ0v) is 18.1. The van der Waals surface area contributed by atoms with Crippen LogP contribution < -0.4 is 4.90 Å². The van der Waals surface area contributed by atoms with Crippen LogP contribution in [0.15, 0.2) is 77.8 Å². The van der Waals surface area contributed by atoms with Crippen molar-refractivity contribution in [3.8, 4) is 0 Å². The predicted molar refractivity (Wildman–Crippen MR) is 122 cm³/mol. The lowest BCUT2D eigenvalue weighted by atomic mass is 10.00. The number of carbonyl (C=O) groups excluding carboxylic acids is 2. The summed E-state index contributed by atoms with van der Waals surface area (Å²) in [5, 5.41) is 0.425. The number of aliphatic imine (C=N–C) groups is 1. The second-order valence-electron chi connectivity index (χ2n) is 7.38. The van der Waals surface area contributed by atoms with E-state index in [9.17, 15) is 14.0 Å². The summed E-state index contributed by atoms with van der Waals surface area (Å²) in [6, 6.07) is 19.3. The Morgan fingerprint density at radius 2 is 1.78 bits per heavy atom. The van der Waals surface area contributed by atoms with Crippen molar-refractivity contribution in [3.63, 3.8) is 0 Å². The number of halogens is 2. The van der Waals surface area contributed by atoms with Gasteiger partial charge < -0.3 is 9.64 Å². The molecular formula is C25H20ClFN2O3. The molecule has 1 heterocycles. The Balaban J connectivity index is 1.69. The molecule has 4 rings (SSSR count). The highest BCUT2D eigenvalue weighted by atomic mass is 35.5. The lowest BCUT2D eigenvalue weighted by Crippen LogP contribution is -2.36. The Morgan fingerprint density at radius 3 is 2.53 bits per heavy atom. The first kappa shape index (κ1) is 21.7. The maximum absolute atomic E-state index is 14.7. The molecule has 1 atom stereocenters. The van der Waals surface area contributed by atoms with Gasteiger partial charge in [0.15, 0.2) is 0 Å². The van der Waals surface area contributed by atoms with Gasteiger partial charge in [-0.2, -0.15) is 0 Å². The number of hydrogen-bond acceptors (Lipinski definition) is 4. The topological polar surface area (TPSA) is 59.0 Å². The van der Waals surface area contributed by atoms with Crippen molar-refractivity contribution in [2.45, 2.75) is 19.1 Å². The molecule has 0 radical (unpaired) electrons. The summed E-state index contributed by atoms with van der Waals surface area (Å²) < 4.78 is 20.0. The van der Waals surface area contributed by atoms with Crippen LogP contribution in [-0.4, -0.2) is 30.7 Å². The Morgan fingerprint density at radius 1 is 1.06 bits per heavy atom. The van der Waals surface area contributed by atoms with Gasteiger partial charge in [0, 0.05) is 23.2 Å². The summed E-state index contributed by atoms with van der Waals surface area (Å²) >= 11 is 6.20. The minimum absolute atomic E-state index is 0.0934. The molecule has 3 aromatic rings. The van der Waals surface area contributed by atoms with Gasteiger partial charge in [0.2, 0.25) is 0 Å². The lowest BCUT2D eigenvalue weighted by molar-refractivity contribution is -0.146. The summed E-state index contributed by atoms with van der Waals surface area (Å²) in [7, 11) is 1.59. The van der Waals surface area contributed by atoms with E-state index in [0.29, 0.717) is 16.3 Å². The summed E-state index contributed by atoms with van der Waals surface area (Å²) in [5.74, 6) is -1.45. The maximum atomic E-state index is 14.7. The second-order valence-corrected chi connectivity index (χ2v) is 7.82. The first-order valence-electron chi connectivity index (χ1n) is 10.0. The van der Waals surface area contributed by atoms with E-state index in [2.05, 4.69) is 4.99 Å². The standard InChI is InChI=1S/C25H20ClFN2O3/c1-29-22-12-11-17(26)13-19(22)24(18-9-5-6-10-20(18)27)28-21(25(29)31)14-23(30)32-15-16-7-3-2-4-8-16/h2-13,21H,14-15H2,1H3/t21-/m0/s1. The zero-order chi connectivity index (χ0) is 22.7. The summed E-state index contributed by atoms with van der Waals surface area (Å²) in [4.78, 5) is 31.6. The van der Waals surface area contributed by atoms with E-state index in [1.807, 2.05) is 30.3 Å². The molecule has 0 bridgehead atoms. The second kappa shape index (κ2) is 9.32. The van der Waals surface area contributed by atoms with Crippen molar-refractivity contribution in [2.75, 3.05) is 11.9 Å². The summed E-state index contributed by atoms with van der Waals surface area (Å²) in [6.45, 7) is 0.0934. The number of hydrogen-bond donors (Lipinski definition) is 0. The van der Waals surface area contributed by atoms with E-state index in [4.69, 9.17) is 16.3 Å². The molecule has 0 N–H and O–H groups in total. The van der Waals surface area contributed by atoms with Gasteiger partial charge in [-0.3, -0.25) is 14.6 Å². The Hall–Kier alpha value is -3.51. The number of esters is 1. The Kier molecular flexibility index (Phi) is 6.32. The highest BCUT2D eigenvalue weighted by molar-refractivity contribution is 6.32. The van der Waals surface area contributed by atoms with Crippen LogP contribution in [0.2, 0.25) is 5.02 Å². The molecule has 32 heavy (non-hydrogen) atoms. The number of benzodiazepines with no additional fused rings is 1. The predicted octanol–water partition coefficient (Wildman–Crippen LogP) is 4.80. The van der Waals surface area contributed by atoms with Gasteiger partial charge >= 0.3 is 5.97 Å². The lowest BCUT2D eigenvalue weighted by Gasteiger charge is -2.20. The van der Waals surface area contributed by atoms with Crippen molar-refractivity contribution in [2.24, 2.45) is 4.99 Å². The number of carbonyl (C=O) groups is 2. The number of fused-ring (bicyclic) bond motifs is 1. The highest BCUT2D eigenvalue weighted by Gasteiger charge is 2.32. The van der Waals surface area contributed by atoms with Crippen LogP contribution in [0, 0.1) is 5.82 Å². The first-order valence-corrected chi connectivity index (χ1v) is 10.4. The number of likely N-dealkylation sites (N-methyl/N-ethyl adjacent to an activating group) is 1. The van der Waals surface area contributed by atoms with E-state index < -0.39 is 23.7 Å². The number of benzene rings is 3. The van der Waals surface area contributed by atoms with E-state index in [-0.39, 0.29) is 24.3 Å². The van der Waals surface area contributed by atoms with Crippen LogP contribution in [0.25, 0.3) is 0 Å². The molecule has 0 unspecified atom stereocenters. The molecule has 5 nitrogen and oxygen atoms in total. The van der Waals surface area contributed by atoms with Gasteiger partial charge in [0.1, 0.15) is 18.5 Å². The third-order valence-corrected chi connectivity index (χ3v) is 5.44. The Bertz CT molecular complexity index is 1200. The van der Waals surface area contributed by atoms with Crippen LogP contribution >= 0.6 is 11.6 Å². The average Bonchev–Trinajstić information content (AvgIpc) is 2.89. The van der Waals surface area contributed by atoms with Gasteiger partial charge in [0.25, 0.3) is 5.91 Å². The van der Waals surface area contributed by atoms with Crippen LogP contribution in [0.1, 0.15) is 23.1 Å². The fraction of sp³-hybridized carbons (Fsp3) is 0.160. The van der Waals surface area contributed by atoms with Gasteiger partial charge in [-0.05, 0) is 35.9 Å².